The summed E-state index contributed by atoms with van der Waals surface area (Å²) < 4.78 is 39.0. The van der Waals surface area contributed by atoms with E-state index in [4.69, 9.17) is 9.47 Å². The first-order valence-electron chi connectivity index (χ1n) is 8.40. The Morgan fingerprint density at radius 3 is 2.41 bits per heavy atom. The summed E-state index contributed by atoms with van der Waals surface area (Å²) in [6, 6.07) is 11.3. The Morgan fingerprint density at radius 1 is 1.19 bits per heavy atom. The molecule has 1 aliphatic rings. The number of nitrogens with one attached hydrogen (secondary N) is 1. The minimum atomic E-state index is -0.777. The molecule has 1 fully saturated rings. The van der Waals surface area contributed by atoms with Crippen LogP contribution in [-0.4, -0.2) is 31.9 Å². The zero-order valence-electron chi connectivity index (χ0n) is 14.7. The Labute approximate surface area is 167 Å². The summed E-state index contributed by atoms with van der Waals surface area (Å²) in [5.41, 5.74) is 0.713. The molecule has 1 saturated heterocycles. The first kappa shape index (κ1) is 21.2. The van der Waals surface area contributed by atoms with Gasteiger partial charge in [0.2, 0.25) is 0 Å². The zero-order chi connectivity index (χ0) is 18.5. The first-order chi connectivity index (χ1) is 12.6. The summed E-state index contributed by atoms with van der Waals surface area (Å²) in [7, 11) is 0. The van der Waals surface area contributed by atoms with E-state index in [1.54, 1.807) is 4.90 Å². The molecule has 5 nitrogen and oxygen atoms in total. The third-order valence-corrected chi connectivity index (χ3v) is 4.04. The minimum absolute atomic E-state index is 0. The molecule has 2 aromatic carbocycles. The summed E-state index contributed by atoms with van der Waals surface area (Å²) in [6.07, 6.45) is -0.787. The van der Waals surface area contributed by atoms with Crippen LogP contribution >= 0.6 is 0 Å². The van der Waals surface area contributed by atoms with Crippen molar-refractivity contribution in [2.45, 2.75) is 19.6 Å². The molecule has 2 aromatic rings. The summed E-state index contributed by atoms with van der Waals surface area (Å²) in [4.78, 5) is 13.4. The van der Waals surface area contributed by atoms with Gasteiger partial charge in [0, 0.05) is 42.5 Å². The largest absolute Gasteiger partial charge is 0.444 e. The summed E-state index contributed by atoms with van der Waals surface area (Å²) >= 11 is 0. The molecule has 0 saturated carbocycles. The second-order valence-corrected chi connectivity index (χ2v) is 5.96. The average molecular weight is 418 g/mol. The molecule has 0 aromatic heterocycles. The summed E-state index contributed by atoms with van der Waals surface area (Å²) in [6.45, 7) is 3.39. The molecule has 1 amide bonds. The normalized spacial score (nSPS) is 13.5. The minimum Gasteiger partial charge on any atom is -0.444 e. The van der Waals surface area contributed by atoms with Gasteiger partial charge in [0.25, 0.3) is 0 Å². The van der Waals surface area contributed by atoms with Gasteiger partial charge >= 0.3 is 6.09 Å². The number of nitrogens with zero attached hydrogens (tertiary/aromatic N) is 1. The average Bonchev–Trinajstić information content (AvgIpc) is 2.58. The molecule has 0 spiro atoms. The van der Waals surface area contributed by atoms with Crippen LogP contribution in [0, 0.1) is 11.6 Å². The molecular weight excluding hydrogens is 398 g/mol. The van der Waals surface area contributed by atoms with Crippen molar-refractivity contribution in [3.8, 4) is 0 Å². The fourth-order valence-corrected chi connectivity index (χ4v) is 2.78. The number of ether oxygens (including phenoxy) is 2. The van der Waals surface area contributed by atoms with Crippen LogP contribution in [0.2, 0.25) is 0 Å². The van der Waals surface area contributed by atoms with E-state index in [0.717, 1.165) is 17.7 Å². The van der Waals surface area contributed by atoms with Gasteiger partial charge in [-0.3, -0.25) is 5.32 Å². The Bertz CT molecular complexity index is 748. The zero-order valence-corrected chi connectivity index (χ0v) is 15.8. The number of benzene rings is 2. The maximum Gasteiger partial charge on any atom is 0.411 e. The van der Waals surface area contributed by atoms with Crippen molar-refractivity contribution in [3.05, 3.63) is 59.7 Å². The Balaban J connectivity index is 0.00000261. The molecule has 1 heterocycles. The van der Waals surface area contributed by atoms with Crippen molar-refractivity contribution in [2.75, 3.05) is 29.9 Å². The van der Waals surface area contributed by atoms with Gasteiger partial charge in [-0.05, 0) is 24.6 Å². The number of carbonyl (C=O) groups excluding carboxylic acids is 1. The fourth-order valence-electron chi connectivity index (χ4n) is 2.78. The SMILES string of the molecule is CCOC1CN(c2c(F)cc(NC(=O)OCc3ccccc3)cc2F)C1.[Fe]. The number of halogens is 2. The van der Waals surface area contributed by atoms with Crippen molar-refractivity contribution in [1.29, 1.82) is 0 Å². The van der Waals surface area contributed by atoms with Gasteiger partial charge in [0.1, 0.15) is 12.3 Å². The van der Waals surface area contributed by atoms with Crippen LogP contribution in [0.1, 0.15) is 12.5 Å². The van der Waals surface area contributed by atoms with E-state index in [9.17, 15) is 13.6 Å². The van der Waals surface area contributed by atoms with Gasteiger partial charge in [-0.1, -0.05) is 30.3 Å². The molecule has 1 aliphatic heterocycles. The Kier molecular flexibility index (Phi) is 7.59. The van der Waals surface area contributed by atoms with Crippen LogP contribution in [0.15, 0.2) is 42.5 Å². The maximum atomic E-state index is 14.3. The molecule has 1 N–H and O–H groups in total. The van der Waals surface area contributed by atoms with Crippen molar-refractivity contribution >= 4 is 17.5 Å². The van der Waals surface area contributed by atoms with E-state index < -0.39 is 17.7 Å². The van der Waals surface area contributed by atoms with Gasteiger partial charge in [-0.2, -0.15) is 0 Å². The van der Waals surface area contributed by atoms with Gasteiger partial charge in [-0.25, -0.2) is 13.6 Å². The van der Waals surface area contributed by atoms with Crippen molar-refractivity contribution in [2.24, 2.45) is 0 Å². The fraction of sp³-hybridized carbons (Fsp3) is 0.316. The van der Waals surface area contributed by atoms with Gasteiger partial charge in [-0.15, -0.1) is 0 Å². The van der Waals surface area contributed by atoms with Gasteiger partial charge in [0.05, 0.1) is 6.10 Å². The molecule has 3 rings (SSSR count). The molecule has 27 heavy (non-hydrogen) atoms. The molecule has 8 heteroatoms. The van der Waals surface area contributed by atoms with Crippen LogP contribution in [-0.2, 0) is 33.1 Å². The number of rotatable bonds is 6. The second kappa shape index (κ2) is 9.69. The molecule has 0 radical (unpaired) electrons. The molecule has 0 aliphatic carbocycles. The predicted molar refractivity (Wildman–Crippen MR) is 94.2 cm³/mol. The molecule has 0 unspecified atom stereocenters. The first-order valence-corrected chi connectivity index (χ1v) is 8.40. The molecular formula is C19H20F2FeN2O3. The maximum absolute atomic E-state index is 14.3. The predicted octanol–water partition coefficient (Wildman–Crippen LogP) is 3.94. The molecule has 0 atom stereocenters. The van der Waals surface area contributed by atoms with E-state index in [1.165, 1.54) is 0 Å². The van der Waals surface area contributed by atoms with E-state index in [2.05, 4.69) is 5.32 Å². The Morgan fingerprint density at radius 2 is 1.81 bits per heavy atom. The van der Waals surface area contributed by atoms with E-state index in [0.29, 0.717) is 19.7 Å². The standard InChI is InChI=1S/C19H20F2N2O3.Fe/c1-2-25-15-10-23(11-15)18-16(20)8-14(9-17(18)21)22-19(24)26-12-13-6-4-3-5-7-13;/h3-9,15H,2,10-12H2,1H3,(H,22,24);. The van der Waals surface area contributed by atoms with Crippen molar-refractivity contribution in [3.63, 3.8) is 0 Å². The Hall–Kier alpha value is -2.15. The van der Waals surface area contributed by atoms with E-state index in [1.807, 2.05) is 37.3 Å². The number of anilines is 2. The smallest absolute Gasteiger partial charge is 0.411 e. The monoisotopic (exact) mass is 418 g/mol. The van der Waals surface area contributed by atoms with Crippen LogP contribution < -0.4 is 10.2 Å². The van der Waals surface area contributed by atoms with Crippen LogP contribution in [0.5, 0.6) is 0 Å². The number of amides is 1. The van der Waals surface area contributed by atoms with Gasteiger partial charge < -0.3 is 14.4 Å². The second-order valence-electron chi connectivity index (χ2n) is 5.96. The molecule has 0 bridgehead atoms. The van der Waals surface area contributed by atoms with E-state index in [-0.39, 0.29) is 41.2 Å². The number of hydrogen-bond donors (Lipinski definition) is 1. The third kappa shape index (κ3) is 5.42. The van der Waals surface area contributed by atoms with E-state index >= 15 is 0 Å². The summed E-state index contributed by atoms with van der Waals surface area (Å²) in [5, 5.41) is 2.34. The quantitative estimate of drug-likeness (QED) is 0.723. The number of carbonyl (C=O) groups is 1. The van der Waals surface area contributed by atoms with Crippen LogP contribution in [0.3, 0.4) is 0 Å². The van der Waals surface area contributed by atoms with Crippen LogP contribution in [0.4, 0.5) is 25.0 Å². The summed E-state index contributed by atoms with van der Waals surface area (Å²) in [5.74, 6) is -1.48. The van der Waals surface area contributed by atoms with Gasteiger partial charge in [0.15, 0.2) is 11.6 Å². The number of hydrogen-bond acceptors (Lipinski definition) is 4. The van der Waals surface area contributed by atoms with Crippen LogP contribution in [0.25, 0.3) is 0 Å². The topological polar surface area (TPSA) is 50.8 Å². The van der Waals surface area contributed by atoms with Crippen molar-refractivity contribution < 1.29 is 40.1 Å². The third-order valence-electron chi connectivity index (χ3n) is 4.04. The van der Waals surface area contributed by atoms with Crippen molar-refractivity contribution in [1.82, 2.24) is 0 Å². The molecule has 146 valence electrons.